The van der Waals surface area contributed by atoms with Gasteiger partial charge in [0, 0.05) is 12.1 Å². The van der Waals surface area contributed by atoms with Gasteiger partial charge >= 0.3 is 0 Å². The monoisotopic (exact) mass is 540 g/mol. The van der Waals surface area contributed by atoms with Gasteiger partial charge in [0.25, 0.3) is 0 Å². The molecule has 0 radical (unpaired) electrons. The number of fused-ring (bicyclic) bond motifs is 2. The molecule has 4 aromatic carbocycles. The number of phenolic OH excluding ortho intramolecular Hbond substituents is 4. The van der Waals surface area contributed by atoms with Crippen LogP contribution < -0.4 is 14.2 Å². The number of Topliss-reactive ketones (excluding diaryl/α,β-unsaturated/α-hetero) is 2. The van der Waals surface area contributed by atoms with Crippen LogP contribution in [0.3, 0.4) is 0 Å². The second-order valence-corrected chi connectivity index (χ2v) is 9.69. The number of rotatable bonds is 5. The molecule has 0 unspecified atom stereocenters. The van der Waals surface area contributed by atoms with Gasteiger partial charge in [0.2, 0.25) is 0 Å². The molecule has 0 amide bonds. The van der Waals surface area contributed by atoms with Crippen molar-refractivity contribution in [3.05, 3.63) is 101 Å². The highest BCUT2D eigenvalue weighted by Crippen LogP contribution is 2.56. The van der Waals surface area contributed by atoms with E-state index in [4.69, 9.17) is 14.2 Å². The number of hydrogen-bond donors (Lipinski definition) is 4. The molecule has 3 atom stereocenters. The van der Waals surface area contributed by atoms with E-state index in [0.29, 0.717) is 16.9 Å². The topological polar surface area (TPSA) is 143 Å². The molecule has 0 fully saturated rings. The Labute approximate surface area is 228 Å². The summed E-state index contributed by atoms with van der Waals surface area (Å²) < 4.78 is 17.6. The molecule has 4 N–H and O–H groups in total. The number of benzene rings is 4. The molecule has 202 valence electrons. The van der Waals surface area contributed by atoms with Crippen LogP contribution in [0.25, 0.3) is 0 Å². The van der Waals surface area contributed by atoms with E-state index >= 15 is 0 Å². The summed E-state index contributed by atoms with van der Waals surface area (Å²) in [6, 6.07) is 18.3. The van der Waals surface area contributed by atoms with Crippen LogP contribution in [0.5, 0.6) is 40.2 Å². The lowest BCUT2D eigenvalue weighted by molar-refractivity contribution is 0.0842. The van der Waals surface area contributed by atoms with E-state index in [2.05, 4.69) is 0 Å². The van der Waals surface area contributed by atoms with Crippen LogP contribution in [0.2, 0.25) is 0 Å². The second-order valence-electron chi connectivity index (χ2n) is 9.69. The zero-order chi connectivity index (χ0) is 28.1. The molecule has 40 heavy (non-hydrogen) atoms. The Bertz CT molecular complexity index is 1640. The van der Waals surface area contributed by atoms with Crippen LogP contribution in [0.1, 0.15) is 62.0 Å². The van der Waals surface area contributed by atoms with Gasteiger partial charge in [-0.3, -0.25) is 9.59 Å². The van der Waals surface area contributed by atoms with E-state index < -0.39 is 35.4 Å². The van der Waals surface area contributed by atoms with Crippen molar-refractivity contribution < 1.29 is 44.2 Å². The smallest absolute Gasteiger partial charge is 0.178 e. The summed E-state index contributed by atoms with van der Waals surface area (Å²) in [6.45, 7) is 0. The summed E-state index contributed by atoms with van der Waals surface area (Å²) in [5.74, 6) is -2.21. The van der Waals surface area contributed by atoms with Gasteiger partial charge < -0.3 is 34.6 Å². The van der Waals surface area contributed by atoms with Gasteiger partial charge in [0.05, 0.1) is 30.6 Å². The van der Waals surface area contributed by atoms with Crippen molar-refractivity contribution in [1.82, 2.24) is 0 Å². The van der Waals surface area contributed by atoms with E-state index in [9.17, 15) is 30.0 Å². The van der Waals surface area contributed by atoms with Crippen LogP contribution in [-0.4, -0.2) is 39.1 Å². The minimum Gasteiger partial charge on any atom is -0.508 e. The first kappa shape index (κ1) is 25.1. The normalized spacial score (nSPS) is 19.2. The molecule has 2 aliphatic rings. The lowest BCUT2D eigenvalue weighted by Gasteiger charge is -2.27. The van der Waals surface area contributed by atoms with Crippen molar-refractivity contribution in [1.29, 1.82) is 0 Å². The molecule has 0 aromatic heterocycles. The van der Waals surface area contributed by atoms with Crippen LogP contribution in [0.15, 0.2) is 72.8 Å². The number of ether oxygens (including phenoxy) is 3. The van der Waals surface area contributed by atoms with Crippen molar-refractivity contribution >= 4 is 11.6 Å². The first-order valence-electron chi connectivity index (χ1n) is 12.5. The van der Waals surface area contributed by atoms with Crippen LogP contribution in [0, 0.1) is 0 Å². The SMILES string of the molecule is COc1ccc([C@H]2Oc3cc4c(c(O)c3[C@@H]2C(=O)c2ccc(O)cc2O)C(=O)C[C@@H](c2ccc(O)cc2)O4)cc1. The maximum atomic E-state index is 13.9. The third-order valence-electron chi connectivity index (χ3n) is 7.29. The highest BCUT2D eigenvalue weighted by atomic mass is 16.5. The molecular weight excluding hydrogens is 516 g/mol. The summed E-state index contributed by atoms with van der Waals surface area (Å²) in [4.78, 5) is 27.2. The molecule has 0 aliphatic carbocycles. The Hall–Kier alpha value is -5.18. The van der Waals surface area contributed by atoms with Gasteiger partial charge in [0.15, 0.2) is 11.6 Å². The summed E-state index contributed by atoms with van der Waals surface area (Å²) in [7, 11) is 1.53. The van der Waals surface area contributed by atoms with Gasteiger partial charge in [-0.1, -0.05) is 24.3 Å². The van der Waals surface area contributed by atoms with Gasteiger partial charge in [-0.25, -0.2) is 0 Å². The molecule has 4 aromatic rings. The van der Waals surface area contributed by atoms with Gasteiger partial charge in [-0.15, -0.1) is 0 Å². The maximum absolute atomic E-state index is 13.9. The van der Waals surface area contributed by atoms with E-state index in [-0.39, 0.29) is 51.9 Å². The molecule has 0 bridgehead atoms. The molecule has 0 saturated heterocycles. The fourth-order valence-corrected chi connectivity index (χ4v) is 5.31. The van der Waals surface area contributed by atoms with Crippen molar-refractivity contribution in [2.75, 3.05) is 7.11 Å². The van der Waals surface area contributed by atoms with Gasteiger partial charge in [-0.05, 0) is 47.5 Å². The fraction of sp³-hybridized carbons (Fsp3) is 0.161. The molecule has 6 rings (SSSR count). The Morgan fingerprint density at radius 2 is 1.50 bits per heavy atom. The lowest BCUT2D eigenvalue weighted by atomic mass is 9.82. The van der Waals surface area contributed by atoms with E-state index in [0.717, 1.165) is 6.07 Å². The zero-order valence-electron chi connectivity index (χ0n) is 21.2. The number of carbonyl (C=O) groups is 2. The number of ketones is 2. The third kappa shape index (κ3) is 4.12. The summed E-state index contributed by atoms with van der Waals surface area (Å²) in [6.07, 6.45) is -1.63. The average molecular weight is 541 g/mol. The number of methoxy groups -OCH3 is 1. The molecule has 2 heterocycles. The molecular formula is C31H24O9. The van der Waals surface area contributed by atoms with Crippen molar-refractivity contribution in [3.63, 3.8) is 0 Å². The predicted molar refractivity (Wildman–Crippen MR) is 142 cm³/mol. The Morgan fingerprint density at radius 1 is 0.825 bits per heavy atom. The summed E-state index contributed by atoms with van der Waals surface area (Å²) in [5, 5.41) is 41.3. The largest absolute Gasteiger partial charge is 0.508 e. The standard InChI is InChI=1S/C31H24O9/c1-38-19-9-4-16(5-10-19)31-28(29(36)20-11-8-18(33)12-21(20)34)27-25(40-31)14-24-26(30(27)37)22(35)13-23(39-24)15-2-6-17(32)7-3-15/h2-12,14,23,28,31-34,37H,13H2,1H3/t23-,28+,31+/m0/s1. The van der Waals surface area contributed by atoms with Crippen molar-refractivity contribution in [3.8, 4) is 40.2 Å². The number of phenols is 4. The number of carbonyl (C=O) groups excluding carboxylic acids is 2. The predicted octanol–water partition coefficient (Wildman–Crippen LogP) is 5.32. The Balaban J connectivity index is 1.46. The van der Waals surface area contributed by atoms with Gasteiger partial charge in [-0.2, -0.15) is 0 Å². The van der Waals surface area contributed by atoms with Crippen molar-refractivity contribution in [2.24, 2.45) is 0 Å². The molecule has 0 saturated carbocycles. The minimum atomic E-state index is -1.13. The van der Waals surface area contributed by atoms with E-state index in [1.807, 2.05) is 0 Å². The number of hydrogen-bond acceptors (Lipinski definition) is 9. The minimum absolute atomic E-state index is 0.0551. The molecule has 9 nitrogen and oxygen atoms in total. The highest BCUT2D eigenvalue weighted by molar-refractivity contribution is 6.07. The molecule has 2 aliphatic heterocycles. The lowest BCUT2D eigenvalue weighted by Crippen LogP contribution is -2.22. The zero-order valence-corrected chi connectivity index (χ0v) is 21.2. The highest BCUT2D eigenvalue weighted by Gasteiger charge is 2.46. The van der Waals surface area contributed by atoms with E-state index in [1.54, 1.807) is 36.4 Å². The second kappa shape index (κ2) is 9.53. The molecule has 9 heteroatoms. The third-order valence-corrected chi connectivity index (χ3v) is 7.29. The van der Waals surface area contributed by atoms with Crippen LogP contribution >= 0.6 is 0 Å². The first-order valence-corrected chi connectivity index (χ1v) is 12.5. The maximum Gasteiger partial charge on any atom is 0.178 e. The summed E-state index contributed by atoms with van der Waals surface area (Å²) in [5.41, 5.74) is 1.24. The van der Waals surface area contributed by atoms with E-state index in [1.165, 1.54) is 37.4 Å². The van der Waals surface area contributed by atoms with Crippen LogP contribution in [0.4, 0.5) is 0 Å². The average Bonchev–Trinajstić information content (AvgIpc) is 3.32. The quantitative estimate of drug-likeness (QED) is 0.247. The van der Waals surface area contributed by atoms with Gasteiger partial charge in [0.1, 0.15) is 58.0 Å². The Morgan fingerprint density at radius 3 is 2.17 bits per heavy atom. The fourth-order valence-electron chi connectivity index (χ4n) is 5.31. The van der Waals surface area contributed by atoms with Crippen LogP contribution in [-0.2, 0) is 0 Å². The van der Waals surface area contributed by atoms with Crippen molar-refractivity contribution in [2.45, 2.75) is 24.5 Å². The Kier molecular flexibility index (Phi) is 5.99. The molecule has 0 spiro atoms. The number of aromatic hydroxyl groups is 4. The first-order chi connectivity index (χ1) is 19.2. The summed E-state index contributed by atoms with van der Waals surface area (Å²) >= 11 is 0.